The van der Waals surface area contributed by atoms with Crippen LogP contribution in [0.4, 0.5) is 11.4 Å². The van der Waals surface area contributed by atoms with Crippen LogP contribution in [0, 0.1) is 6.92 Å². The molecule has 8 heteroatoms. The molecular weight excluding hydrogens is 336 g/mol. The average Bonchev–Trinajstić information content (AvgIpc) is 2.46. The second-order valence-corrected chi connectivity index (χ2v) is 8.86. The van der Waals surface area contributed by atoms with Crippen LogP contribution in [0.3, 0.4) is 0 Å². The van der Waals surface area contributed by atoms with Gasteiger partial charge >= 0.3 is 0 Å². The molecule has 124 valence electrons. The lowest BCUT2D eigenvalue weighted by atomic mass is 10.2. The van der Waals surface area contributed by atoms with Crippen molar-refractivity contribution in [1.29, 1.82) is 0 Å². The normalized spacial score (nSPS) is 12.0. The molecule has 0 atom stereocenters. The molecule has 0 saturated carbocycles. The first-order valence-electron chi connectivity index (χ1n) is 6.74. The molecule has 0 unspecified atom stereocenters. The lowest BCUT2D eigenvalue weighted by molar-refractivity contribution is 0.598. The lowest BCUT2D eigenvalue weighted by Gasteiger charge is -2.20. The third-order valence-corrected chi connectivity index (χ3v) is 5.89. The van der Waals surface area contributed by atoms with E-state index >= 15 is 0 Å². The predicted molar refractivity (Wildman–Crippen MR) is 91.7 cm³/mol. The van der Waals surface area contributed by atoms with E-state index in [0.29, 0.717) is 0 Å². The van der Waals surface area contributed by atoms with Crippen LogP contribution in [-0.2, 0) is 20.0 Å². The minimum atomic E-state index is -3.80. The fraction of sp³-hybridized carbons (Fsp3) is 0.200. The topological polar surface area (TPSA) is 83.6 Å². The maximum Gasteiger partial charge on any atom is 0.261 e. The van der Waals surface area contributed by atoms with Crippen LogP contribution < -0.4 is 9.03 Å². The lowest BCUT2D eigenvalue weighted by Crippen LogP contribution is -2.26. The summed E-state index contributed by atoms with van der Waals surface area (Å²) in [5.74, 6) is 0. The van der Waals surface area contributed by atoms with Crippen LogP contribution in [0.1, 0.15) is 5.56 Å². The van der Waals surface area contributed by atoms with Crippen molar-refractivity contribution in [3.8, 4) is 0 Å². The predicted octanol–water partition coefficient (Wildman–Crippen LogP) is 2.19. The van der Waals surface area contributed by atoms with E-state index in [1.165, 1.54) is 31.3 Å². The first-order chi connectivity index (χ1) is 10.6. The van der Waals surface area contributed by atoms with E-state index in [2.05, 4.69) is 4.72 Å². The van der Waals surface area contributed by atoms with Gasteiger partial charge in [0.15, 0.2) is 0 Å². The van der Waals surface area contributed by atoms with Gasteiger partial charge in [0.05, 0.1) is 22.5 Å². The van der Waals surface area contributed by atoms with Gasteiger partial charge in [0.1, 0.15) is 0 Å². The van der Waals surface area contributed by atoms with Crippen molar-refractivity contribution in [3.05, 3.63) is 54.1 Å². The Balaban J connectivity index is 2.43. The number of anilines is 2. The second kappa shape index (κ2) is 6.21. The van der Waals surface area contributed by atoms with Gasteiger partial charge in [0, 0.05) is 7.05 Å². The van der Waals surface area contributed by atoms with Crippen LogP contribution in [0.15, 0.2) is 53.4 Å². The van der Waals surface area contributed by atoms with Crippen LogP contribution in [0.5, 0.6) is 0 Å². The zero-order valence-corrected chi connectivity index (χ0v) is 14.6. The van der Waals surface area contributed by atoms with Crippen LogP contribution >= 0.6 is 0 Å². The first-order valence-corrected chi connectivity index (χ1v) is 10.1. The van der Waals surface area contributed by atoms with Gasteiger partial charge in [-0.2, -0.15) is 0 Å². The minimum Gasteiger partial charge on any atom is -0.277 e. The minimum absolute atomic E-state index is 0.111. The zero-order chi connectivity index (χ0) is 17.3. The Bertz CT molecular complexity index is 905. The number of sulfonamides is 2. The van der Waals surface area contributed by atoms with E-state index in [9.17, 15) is 16.8 Å². The molecular formula is C15H18N2O4S2. The van der Waals surface area contributed by atoms with E-state index in [0.717, 1.165) is 16.1 Å². The van der Waals surface area contributed by atoms with E-state index < -0.39 is 20.0 Å². The van der Waals surface area contributed by atoms with Gasteiger partial charge in [-0.25, -0.2) is 16.8 Å². The van der Waals surface area contributed by atoms with Gasteiger partial charge in [-0.1, -0.05) is 29.8 Å². The van der Waals surface area contributed by atoms with Gasteiger partial charge in [0.25, 0.3) is 10.0 Å². The number of hydrogen-bond acceptors (Lipinski definition) is 4. The molecule has 0 heterocycles. The molecule has 0 bridgehead atoms. The molecule has 0 amide bonds. The van der Waals surface area contributed by atoms with Gasteiger partial charge < -0.3 is 0 Å². The van der Waals surface area contributed by atoms with Crippen molar-refractivity contribution in [2.75, 3.05) is 22.3 Å². The summed E-state index contributed by atoms with van der Waals surface area (Å²) in [6.45, 7) is 1.86. The Morgan fingerprint density at radius 3 is 2.04 bits per heavy atom. The van der Waals surface area contributed by atoms with E-state index in [4.69, 9.17) is 0 Å². The summed E-state index contributed by atoms with van der Waals surface area (Å²) in [6, 6.07) is 12.7. The summed E-state index contributed by atoms with van der Waals surface area (Å²) >= 11 is 0. The van der Waals surface area contributed by atoms with Gasteiger partial charge in [-0.15, -0.1) is 0 Å². The third kappa shape index (κ3) is 4.02. The van der Waals surface area contributed by atoms with Crippen molar-refractivity contribution < 1.29 is 16.8 Å². The number of rotatable bonds is 5. The smallest absolute Gasteiger partial charge is 0.261 e. The molecule has 0 aromatic heterocycles. The van der Waals surface area contributed by atoms with Crippen LogP contribution in [0.2, 0.25) is 0 Å². The molecule has 1 N–H and O–H groups in total. The molecule has 2 aromatic carbocycles. The molecule has 6 nitrogen and oxygen atoms in total. The molecule has 0 radical (unpaired) electrons. The Morgan fingerprint density at radius 1 is 0.913 bits per heavy atom. The van der Waals surface area contributed by atoms with Crippen molar-refractivity contribution in [2.45, 2.75) is 11.8 Å². The Labute approximate surface area is 136 Å². The molecule has 0 spiro atoms. The van der Waals surface area contributed by atoms with Crippen molar-refractivity contribution in [2.24, 2.45) is 0 Å². The highest BCUT2D eigenvalue weighted by Crippen LogP contribution is 2.28. The fourth-order valence-corrected chi connectivity index (χ4v) is 3.53. The standard InChI is InChI=1S/C15H18N2O4S2/c1-12-8-10-13(11-9-12)23(20,21)16-14-6-4-5-7-15(14)17(2)22(3,18)19/h4-11,16H,1-3H3. The molecule has 0 aliphatic carbocycles. The largest absolute Gasteiger partial charge is 0.277 e. The highest BCUT2D eigenvalue weighted by molar-refractivity contribution is 7.93. The van der Waals surface area contributed by atoms with Crippen molar-refractivity contribution in [1.82, 2.24) is 0 Å². The molecule has 2 rings (SSSR count). The summed E-state index contributed by atoms with van der Waals surface area (Å²) in [4.78, 5) is 0.111. The van der Waals surface area contributed by atoms with Crippen LogP contribution in [0.25, 0.3) is 0 Å². The molecule has 0 aliphatic rings. The van der Waals surface area contributed by atoms with Crippen molar-refractivity contribution in [3.63, 3.8) is 0 Å². The monoisotopic (exact) mass is 354 g/mol. The molecule has 0 aliphatic heterocycles. The fourth-order valence-electron chi connectivity index (χ4n) is 1.93. The average molecular weight is 354 g/mol. The third-order valence-electron chi connectivity index (χ3n) is 3.32. The van der Waals surface area contributed by atoms with Crippen LogP contribution in [-0.4, -0.2) is 30.1 Å². The van der Waals surface area contributed by atoms with Gasteiger partial charge in [-0.05, 0) is 31.2 Å². The number of nitrogens with one attached hydrogen (secondary N) is 1. The molecule has 2 aromatic rings. The SMILES string of the molecule is Cc1ccc(S(=O)(=O)Nc2ccccc2N(C)S(C)(=O)=O)cc1. The maximum absolute atomic E-state index is 12.5. The number of aryl methyl sites for hydroxylation is 1. The quantitative estimate of drug-likeness (QED) is 0.892. The molecule has 0 saturated heterocycles. The Morgan fingerprint density at radius 2 is 1.48 bits per heavy atom. The summed E-state index contributed by atoms with van der Waals surface area (Å²) in [7, 11) is -5.94. The number of para-hydroxylation sites is 2. The maximum atomic E-state index is 12.5. The van der Waals surface area contributed by atoms with E-state index in [1.54, 1.807) is 24.3 Å². The highest BCUT2D eigenvalue weighted by Gasteiger charge is 2.20. The van der Waals surface area contributed by atoms with Gasteiger partial charge in [-0.3, -0.25) is 9.03 Å². The summed E-state index contributed by atoms with van der Waals surface area (Å²) < 4.78 is 51.8. The number of hydrogen-bond donors (Lipinski definition) is 1. The summed E-state index contributed by atoms with van der Waals surface area (Å²) in [5.41, 5.74) is 1.40. The summed E-state index contributed by atoms with van der Waals surface area (Å²) in [6.07, 6.45) is 1.05. The first kappa shape index (κ1) is 17.3. The van der Waals surface area contributed by atoms with E-state index in [-0.39, 0.29) is 16.3 Å². The van der Waals surface area contributed by atoms with E-state index in [1.807, 2.05) is 6.92 Å². The highest BCUT2D eigenvalue weighted by atomic mass is 32.2. The number of benzene rings is 2. The van der Waals surface area contributed by atoms with Crippen molar-refractivity contribution >= 4 is 31.4 Å². The number of nitrogens with zero attached hydrogens (tertiary/aromatic N) is 1. The molecule has 23 heavy (non-hydrogen) atoms. The Hall–Kier alpha value is -2.06. The second-order valence-electron chi connectivity index (χ2n) is 5.17. The zero-order valence-electron chi connectivity index (χ0n) is 13.0. The van der Waals surface area contributed by atoms with Gasteiger partial charge in [0.2, 0.25) is 10.0 Å². The molecule has 0 fully saturated rings. The Kier molecular flexibility index (Phi) is 4.67. The summed E-state index contributed by atoms with van der Waals surface area (Å²) in [5, 5.41) is 0.